The summed E-state index contributed by atoms with van der Waals surface area (Å²) in [6.07, 6.45) is 0. The molecule has 3 heteroatoms. The van der Waals surface area contributed by atoms with Crippen molar-refractivity contribution in [2.75, 3.05) is 4.90 Å². The second-order valence-corrected chi connectivity index (χ2v) is 16.1. The molecule has 3 nitrogen and oxygen atoms in total. The maximum absolute atomic E-state index is 7.09. The molecule has 58 heavy (non-hydrogen) atoms. The van der Waals surface area contributed by atoms with Gasteiger partial charge in [0.15, 0.2) is 5.58 Å². The van der Waals surface area contributed by atoms with Crippen LogP contribution in [0.2, 0.25) is 0 Å². The largest absolute Gasteiger partial charge is 0.456 e. The molecule has 11 aromatic rings. The van der Waals surface area contributed by atoms with Crippen LogP contribution in [0.15, 0.2) is 197 Å². The number of rotatable bonds is 5. The summed E-state index contributed by atoms with van der Waals surface area (Å²) >= 11 is 0. The fourth-order valence-electron chi connectivity index (χ4n) is 9.56. The molecule has 0 aliphatic heterocycles. The lowest BCUT2D eigenvalue weighted by molar-refractivity contribution is 0.660. The minimum absolute atomic E-state index is 0.166. The Kier molecular flexibility index (Phi) is 6.98. The molecule has 0 N–H and O–H groups in total. The number of fused-ring (bicyclic) bond motifs is 11. The van der Waals surface area contributed by atoms with Gasteiger partial charge in [-0.15, -0.1) is 0 Å². The molecule has 0 saturated carbocycles. The summed E-state index contributed by atoms with van der Waals surface area (Å²) in [7, 11) is 0. The van der Waals surface area contributed by atoms with E-state index < -0.39 is 0 Å². The van der Waals surface area contributed by atoms with E-state index in [-0.39, 0.29) is 5.41 Å². The van der Waals surface area contributed by atoms with Crippen LogP contribution in [-0.2, 0) is 5.41 Å². The average Bonchev–Trinajstić information content (AvgIpc) is 3.91. The van der Waals surface area contributed by atoms with Gasteiger partial charge in [0.1, 0.15) is 16.7 Å². The lowest BCUT2D eigenvalue weighted by Crippen LogP contribution is -2.16. The molecule has 0 unspecified atom stereocenters. The number of nitrogens with zero attached hydrogens (tertiary/aromatic N) is 1. The highest BCUT2D eigenvalue weighted by atomic mass is 16.3. The molecule has 274 valence electrons. The Hall–Kier alpha value is -7.36. The molecule has 2 heterocycles. The number of benzene rings is 9. The molecule has 0 atom stereocenters. The number of furan rings is 2. The quantitative estimate of drug-likeness (QED) is 0.176. The second-order valence-electron chi connectivity index (χ2n) is 16.1. The third kappa shape index (κ3) is 4.86. The lowest BCUT2D eigenvalue weighted by atomic mass is 9.82. The highest BCUT2D eigenvalue weighted by Gasteiger charge is 2.36. The molecule has 1 aliphatic carbocycles. The van der Waals surface area contributed by atoms with E-state index in [9.17, 15) is 0 Å². The van der Waals surface area contributed by atoms with Crippen LogP contribution in [0.5, 0.6) is 0 Å². The smallest absolute Gasteiger partial charge is 0.159 e. The summed E-state index contributed by atoms with van der Waals surface area (Å²) in [4.78, 5) is 2.40. The third-order valence-corrected chi connectivity index (χ3v) is 12.4. The Morgan fingerprint density at radius 3 is 1.91 bits per heavy atom. The second kappa shape index (κ2) is 12.3. The zero-order valence-corrected chi connectivity index (χ0v) is 32.2. The van der Waals surface area contributed by atoms with Crippen LogP contribution in [-0.4, -0.2) is 0 Å². The van der Waals surface area contributed by atoms with Gasteiger partial charge in [0.2, 0.25) is 0 Å². The number of anilines is 3. The Labute approximate surface area is 336 Å². The van der Waals surface area contributed by atoms with Crippen LogP contribution in [0.1, 0.15) is 25.0 Å². The van der Waals surface area contributed by atoms with E-state index in [1.807, 2.05) is 18.2 Å². The van der Waals surface area contributed by atoms with E-state index in [0.29, 0.717) is 0 Å². The van der Waals surface area contributed by atoms with Gasteiger partial charge in [-0.2, -0.15) is 0 Å². The first kappa shape index (κ1) is 32.8. The maximum Gasteiger partial charge on any atom is 0.159 e. The van der Waals surface area contributed by atoms with E-state index in [4.69, 9.17) is 8.83 Å². The van der Waals surface area contributed by atoms with E-state index in [2.05, 4.69) is 189 Å². The van der Waals surface area contributed by atoms with Crippen molar-refractivity contribution in [1.82, 2.24) is 0 Å². The predicted octanol–water partition coefficient (Wildman–Crippen LogP) is 15.7. The van der Waals surface area contributed by atoms with Crippen molar-refractivity contribution in [3.8, 4) is 33.4 Å². The fraction of sp³-hybridized carbons (Fsp3) is 0.0545. The van der Waals surface area contributed by atoms with Gasteiger partial charge in [-0.25, -0.2) is 0 Å². The SMILES string of the molecule is CC1(C)c2ccccc2-c2ccc(N(c3ccc(-c4ccccc4)cc3)c3cc(-c4ccc5ccccc5c4)cc4c3oc3ccc5oc6ccccc6c5c34)cc21. The molecule has 1 aliphatic rings. The Morgan fingerprint density at radius 1 is 0.397 bits per heavy atom. The molecule has 9 aromatic carbocycles. The first-order valence-electron chi connectivity index (χ1n) is 20.0. The molecule has 0 saturated heterocycles. The summed E-state index contributed by atoms with van der Waals surface area (Å²) in [6.45, 7) is 4.69. The highest BCUT2D eigenvalue weighted by Crippen LogP contribution is 2.52. The van der Waals surface area contributed by atoms with Crippen molar-refractivity contribution >= 4 is 71.7 Å². The van der Waals surface area contributed by atoms with Gasteiger partial charge in [0.25, 0.3) is 0 Å². The van der Waals surface area contributed by atoms with Crippen LogP contribution in [0, 0.1) is 0 Å². The molecular formula is C55H37NO2. The minimum Gasteiger partial charge on any atom is -0.456 e. The summed E-state index contributed by atoms with van der Waals surface area (Å²) in [6, 6.07) is 67.8. The van der Waals surface area contributed by atoms with Crippen LogP contribution >= 0.6 is 0 Å². The summed E-state index contributed by atoms with van der Waals surface area (Å²) < 4.78 is 13.5. The molecular weight excluding hydrogens is 707 g/mol. The minimum atomic E-state index is -0.166. The van der Waals surface area contributed by atoms with Crippen molar-refractivity contribution in [2.24, 2.45) is 0 Å². The standard InChI is InChI=1S/C55H37NO2/c1-55(2)46-18-10-8-16-42(46)43-27-26-41(33-47(43)55)56(40-24-22-36(23-25-40)34-12-4-3-5-13-34)48-32-39(38-21-20-35-14-6-7-15-37(35)30-38)31-45-53-51(58-54(45)48)29-28-50-52(53)44-17-9-11-19-49(44)57-50/h3-33H,1-2H3. The number of para-hydroxylation sites is 1. The molecule has 0 spiro atoms. The molecule has 0 bridgehead atoms. The monoisotopic (exact) mass is 743 g/mol. The van der Waals surface area contributed by atoms with Crippen LogP contribution < -0.4 is 4.90 Å². The Morgan fingerprint density at radius 2 is 1.05 bits per heavy atom. The molecule has 2 aromatic heterocycles. The normalized spacial score (nSPS) is 13.1. The lowest BCUT2D eigenvalue weighted by Gasteiger charge is -2.28. The third-order valence-electron chi connectivity index (χ3n) is 12.4. The average molecular weight is 744 g/mol. The van der Waals surface area contributed by atoms with E-state index >= 15 is 0 Å². The summed E-state index contributed by atoms with van der Waals surface area (Å²) in [5.74, 6) is 0. The summed E-state index contributed by atoms with van der Waals surface area (Å²) in [5, 5.41) is 6.69. The number of hydrogen-bond donors (Lipinski definition) is 0. The first-order valence-corrected chi connectivity index (χ1v) is 20.0. The zero-order valence-electron chi connectivity index (χ0n) is 32.2. The van der Waals surface area contributed by atoms with Gasteiger partial charge in [-0.1, -0.05) is 141 Å². The van der Waals surface area contributed by atoms with Crippen molar-refractivity contribution in [2.45, 2.75) is 19.3 Å². The van der Waals surface area contributed by atoms with Gasteiger partial charge in [-0.05, 0) is 116 Å². The van der Waals surface area contributed by atoms with E-state index in [1.54, 1.807) is 0 Å². The van der Waals surface area contributed by atoms with Crippen LogP contribution in [0.3, 0.4) is 0 Å². The molecule has 0 radical (unpaired) electrons. The van der Waals surface area contributed by atoms with Gasteiger partial charge in [0.05, 0.1) is 5.69 Å². The topological polar surface area (TPSA) is 29.5 Å². The maximum atomic E-state index is 7.09. The van der Waals surface area contributed by atoms with Crippen molar-refractivity contribution in [1.29, 1.82) is 0 Å². The number of hydrogen-bond acceptors (Lipinski definition) is 3. The van der Waals surface area contributed by atoms with Crippen molar-refractivity contribution in [3.63, 3.8) is 0 Å². The molecule has 0 fully saturated rings. The van der Waals surface area contributed by atoms with Crippen LogP contribution in [0.4, 0.5) is 17.1 Å². The van der Waals surface area contributed by atoms with Gasteiger partial charge in [-0.3, -0.25) is 0 Å². The zero-order chi connectivity index (χ0) is 38.5. The Bertz CT molecular complexity index is 3420. The molecule has 0 amide bonds. The van der Waals surface area contributed by atoms with Gasteiger partial charge < -0.3 is 13.7 Å². The predicted molar refractivity (Wildman–Crippen MR) is 242 cm³/mol. The highest BCUT2D eigenvalue weighted by molar-refractivity contribution is 6.27. The van der Waals surface area contributed by atoms with E-state index in [0.717, 1.165) is 72.1 Å². The van der Waals surface area contributed by atoms with Gasteiger partial charge >= 0.3 is 0 Å². The summed E-state index contributed by atoms with van der Waals surface area (Å²) in [5.41, 5.74) is 16.2. The van der Waals surface area contributed by atoms with Gasteiger partial charge in [0, 0.05) is 38.3 Å². The fourth-order valence-corrected chi connectivity index (χ4v) is 9.56. The van der Waals surface area contributed by atoms with Crippen molar-refractivity contribution in [3.05, 3.63) is 199 Å². The Balaban J connectivity index is 1.17. The first-order chi connectivity index (χ1) is 28.5. The van der Waals surface area contributed by atoms with Crippen LogP contribution in [0.25, 0.3) is 88.0 Å². The van der Waals surface area contributed by atoms with Crippen molar-refractivity contribution < 1.29 is 8.83 Å². The molecule has 12 rings (SSSR count). The van der Waals surface area contributed by atoms with E-state index in [1.165, 1.54) is 44.2 Å².